The van der Waals surface area contributed by atoms with Gasteiger partial charge >= 0.3 is 0 Å². The molecule has 0 amide bonds. The minimum Gasteiger partial charge on any atom is -0.313 e. The Morgan fingerprint density at radius 1 is 1.15 bits per heavy atom. The average molecular weight is 340 g/mol. The third-order valence-electron chi connectivity index (χ3n) is 3.40. The van der Waals surface area contributed by atoms with Gasteiger partial charge in [-0.05, 0) is 43.1 Å². The van der Waals surface area contributed by atoms with Crippen LogP contribution in [0.15, 0.2) is 40.9 Å². The van der Waals surface area contributed by atoms with Crippen LogP contribution in [-0.4, -0.2) is 7.05 Å². The molecule has 1 unspecified atom stereocenters. The van der Waals surface area contributed by atoms with Crippen molar-refractivity contribution in [3.63, 3.8) is 0 Å². The maximum absolute atomic E-state index is 13.8. The number of likely N-dealkylation sites (N-methyl/N-ethyl adjacent to an activating group) is 1. The second-order valence-electron chi connectivity index (χ2n) is 4.74. The van der Waals surface area contributed by atoms with Crippen LogP contribution in [0.2, 0.25) is 0 Å². The molecule has 0 aliphatic carbocycles. The Morgan fingerprint density at radius 3 is 2.55 bits per heavy atom. The highest BCUT2D eigenvalue weighted by Crippen LogP contribution is 2.29. The van der Waals surface area contributed by atoms with Gasteiger partial charge in [0.15, 0.2) is 11.6 Å². The Balaban J connectivity index is 2.34. The smallest absolute Gasteiger partial charge is 0.162 e. The molecule has 2 rings (SSSR count). The zero-order chi connectivity index (χ0) is 14.7. The molecule has 0 saturated heterocycles. The number of nitrogens with one attached hydrogen (secondary N) is 1. The molecule has 0 saturated carbocycles. The Bertz CT molecular complexity index is 613. The molecule has 0 bridgehead atoms. The van der Waals surface area contributed by atoms with Gasteiger partial charge in [0.05, 0.1) is 0 Å². The summed E-state index contributed by atoms with van der Waals surface area (Å²) in [7, 11) is 1.82. The number of hydrogen-bond donors (Lipinski definition) is 1. The van der Waals surface area contributed by atoms with E-state index in [0.717, 1.165) is 21.7 Å². The number of hydrogen-bond acceptors (Lipinski definition) is 1. The predicted molar refractivity (Wildman–Crippen MR) is 80.7 cm³/mol. The first-order chi connectivity index (χ1) is 9.54. The summed E-state index contributed by atoms with van der Waals surface area (Å²) in [5, 5.41) is 3.16. The highest BCUT2D eigenvalue weighted by molar-refractivity contribution is 9.10. The minimum absolute atomic E-state index is 0.0828. The van der Waals surface area contributed by atoms with Crippen LogP contribution < -0.4 is 5.32 Å². The van der Waals surface area contributed by atoms with Crippen molar-refractivity contribution in [2.24, 2.45) is 0 Å². The van der Waals surface area contributed by atoms with Gasteiger partial charge in [-0.2, -0.15) is 0 Å². The van der Waals surface area contributed by atoms with Crippen molar-refractivity contribution in [1.82, 2.24) is 5.32 Å². The van der Waals surface area contributed by atoms with E-state index in [4.69, 9.17) is 0 Å². The zero-order valence-electron chi connectivity index (χ0n) is 11.4. The number of halogens is 3. The molecule has 106 valence electrons. The fourth-order valence-corrected chi connectivity index (χ4v) is 2.77. The molecular weight excluding hydrogens is 324 g/mol. The summed E-state index contributed by atoms with van der Waals surface area (Å²) in [5.74, 6) is -1.57. The lowest BCUT2D eigenvalue weighted by molar-refractivity contribution is 0.486. The molecule has 4 heteroatoms. The monoisotopic (exact) mass is 339 g/mol. The van der Waals surface area contributed by atoms with Gasteiger partial charge in [0.1, 0.15) is 0 Å². The van der Waals surface area contributed by atoms with Crippen LogP contribution in [0.4, 0.5) is 8.78 Å². The van der Waals surface area contributed by atoms with Crippen molar-refractivity contribution in [2.45, 2.75) is 19.4 Å². The van der Waals surface area contributed by atoms with Crippen molar-refractivity contribution in [1.29, 1.82) is 0 Å². The summed E-state index contributed by atoms with van der Waals surface area (Å²) in [5.41, 5.74) is 2.52. The third-order valence-corrected chi connectivity index (χ3v) is 4.48. The Morgan fingerprint density at radius 2 is 1.85 bits per heavy atom. The van der Waals surface area contributed by atoms with E-state index in [2.05, 4.69) is 21.2 Å². The lowest BCUT2D eigenvalue weighted by Crippen LogP contribution is -2.20. The van der Waals surface area contributed by atoms with Gasteiger partial charge in [-0.15, -0.1) is 0 Å². The molecule has 0 aromatic heterocycles. The normalized spacial score (nSPS) is 12.4. The molecule has 0 fully saturated rings. The Hall–Kier alpha value is -1.26. The SMILES string of the molecule is CNC(Cc1cccc(F)c1F)c1cccc(C)c1Br. The summed E-state index contributed by atoms with van der Waals surface area (Å²) in [6, 6.07) is 10.1. The van der Waals surface area contributed by atoms with Crippen LogP contribution in [0.1, 0.15) is 22.7 Å². The summed E-state index contributed by atoms with van der Waals surface area (Å²) in [6.07, 6.45) is 0.391. The molecule has 20 heavy (non-hydrogen) atoms. The molecule has 0 aliphatic heterocycles. The van der Waals surface area contributed by atoms with Crippen LogP contribution in [0.25, 0.3) is 0 Å². The van der Waals surface area contributed by atoms with Crippen molar-refractivity contribution in [2.75, 3.05) is 7.05 Å². The number of benzene rings is 2. The molecule has 1 nitrogen and oxygen atoms in total. The molecule has 0 heterocycles. The van der Waals surface area contributed by atoms with E-state index < -0.39 is 11.6 Å². The van der Waals surface area contributed by atoms with E-state index in [1.807, 2.05) is 32.2 Å². The van der Waals surface area contributed by atoms with Crippen LogP contribution >= 0.6 is 15.9 Å². The van der Waals surface area contributed by atoms with Crippen molar-refractivity contribution >= 4 is 15.9 Å². The van der Waals surface area contributed by atoms with Gasteiger partial charge in [0.2, 0.25) is 0 Å². The lowest BCUT2D eigenvalue weighted by atomic mass is 9.97. The third kappa shape index (κ3) is 3.07. The van der Waals surface area contributed by atoms with Crippen LogP contribution in [0, 0.1) is 18.6 Å². The van der Waals surface area contributed by atoms with E-state index in [9.17, 15) is 8.78 Å². The average Bonchev–Trinajstić information content (AvgIpc) is 2.44. The topological polar surface area (TPSA) is 12.0 Å². The van der Waals surface area contributed by atoms with Gasteiger partial charge in [-0.3, -0.25) is 0 Å². The molecule has 0 aliphatic rings. The fourth-order valence-electron chi connectivity index (χ4n) is 2.23. The summed E-state index contributed by atoms with van der Waals surface area (Å²) < 4.78 is 28.1. The van der Waals surface area contributed by atoms with Gasteiger partial charge in [0.25, 0.3) is 0 Å². The van der Waals surface area contributed by atoms with Gasteiger partial charge < -0.3 is 5.32 Å². The van der Waals surface area contributed by atoms with Crippen LogP contribution in [-0.2, 0) is 6.42 Å². The van der Waals surface area contributed by atoms with Crippen molar-refractivity contribution in [3.05, 3.63) is 69.2 Å². The summed E-state index contributed by atoms with van der Waals surface area (Å²) in [6.45, 7) is 2.00. The van der Waals surface area contributed by atoms with Gasteiger partial charge in [-0.25, -0.2) is 8.78 Å². The molecule has 0 radical (unpaired) electrons. The standard InChI is InChI=1S/C16H16BrF2N/c1-10-5-3-7-12(15(10)17)14(20-2)9-11-6-4-8-13(18)16(11)19/h3-8,14,20H,9H2,1-2H3. The maximum Gasteiger partial charge on any atom is 0.162 e. The molecular formula is C16H16BrF2N. The lowest BCUT2D eigenvalue weighted by Gasteiger charge is -2.19. The highest BCUT2D eigenvalue weighted by atomic mass is 79.9. The summed E-state index contributed by atoms with van der Waals surface area (Å²) >= 11 is 3.56. The Labute approximate surface area is 126 Å². The quantitative estimate of drug-likeness (QED) is 0.862. The van der Waals surface area contributed by atoms with E-state index in [0.29, 0.717) is 12.0 Å². The van der Waals surface area contributed by atoms with Gasteiger partial charge in [-0.1, -0.05) is 46.3 Å². The first-order valence-corrected chi connectivity index (χ1v) is 7.19. The molecule has 0 spiro atoms. The fraction of sp³-hybridized carbons (Fsp3) is 0.250. The van der Waals surface area contributed by atoms with Crippen LogP contribution in [0.3, 0.4) is 0 Å². The van der Waals surface area contributed by atoms with Crippen molar-refractivity contribution < 1.29 is 8.78 Å². The second kappa shape index (κ2) is 6.46. The maximum atomic E-state index is 13.8. The summed E-state index contributed by atoms with van der Waals surface area (Å²) in [4.78, 5) is 0. The molecule has 1 atom stereocenters. The number of aryl methyl sites for hydroxylation is 1. The minimum atomic E-state index is -0.805. The van der Waals surface area contributed by atoms with Crippen LogP contribution in [0.5, 0.6) is 0 Å². The van der Waals surface area contributed by atoms with E-state index in [1.165, 1.54) is 6.07 Å². The second-order valence-corrected chi connectivity index (χ2v) is 5.53. The predicted octanol–water partition coefficient (Wildman–Crippen LogP) is 4.54. The van der Waals surface area contributed by atoms with E-state index in [-0.39, 0.29) is 6.04 Å². The number of rotatable bonds is 4. The first-order valence-electron chi connectivity index (χ1n) is 6.39. The molecule has 2 aromatic rings. The highest BCUT2D eigenvalue weighted by Gasteiger charge is 2.17. The molecule has 2 aromatic carbocycles. The largest absolute Gasteiger partial charge is 0.313 e. The molecule has 1 N–H and O–H groups in total. The Kier molecular flexibility index (Phi) is 4.89. The first kappa shape index (κ1) is 15.1. The van der Waals surface area contributed by atoms with Crippen molar-refractivity contribution in [3.8, 4) is 0 Å². The zero-order valence-corrected chi connectivity index (χ0v) is 13.0. The van der Waals surface area contributed by atoms with Gasteiger partial charge in [0, 0.05) is 10.5 Å². The van der Waals surface area contributed by atoms with E-state index in [1.54, 1.807) is 6.07 Å². The van der Waals surface area contributed by atoms with E-state index >= 15 is 0 Å².